The fourth-order valence-electron chi connectivity index (χ4n) is 1.53. The minimum atomic E-state index is -0.473. The molecule has 0 aliphatic carbocycles. The third-order valence-electron chi connectivity index (χ3n) is 2.16. The molecule has 6 heteroatoms. The molecule has 1 heterocycles. The first-order valence-electron chi connectivity index (χ1n) is 4.34. The molecule has 0 saturated carbocycles. The monoisotopic (exact) mass is 429 g/mol. The molecule has 1 aromatic carbocycles. The standard InChI is InChI=1S/C9H9I2N3O/c10-8(15)5-13-6-3-1-2-4-7(6)14(11)9(13)12/h1-4,8,12,15H,5H2. The van der Waals surface area contributed by atoms with Gasteiger partial charge in [0.25, 0.3) is 0 Å². The topological polar surface area (TPSA) is 53.9 Å². The average molecular weight is 429 g/mol. The molecule has 0 radical (unpaired) electrons. The van der Waals surface area contributed by atoms with E-state index in [1.54, 1.807) is 7.35 Å². The number of hydrogen-bond donors (Lipinski definition) is 2. The van der Waals surface area contributed by atoms with Crippen LogP contribution in [0, 0.1) is 5.41 Å². The zero-order chi connectivity index (χ0) is 11.0. The Labute approximate surface area is 114 Å². The van der Waals surface area contributed by atoms with Crippen molar-refractivity contribution in [3.8, 4) is 0 Å². The molecule has 0 amide bonds. The van der Waals surface area contributed by atoms with Gasteiger partial charge >= 0.3 is 0 Å². The Kier molecular flexibility index (Phi) is 3.36. The molecule has 2 N–H and O–H groups in total. The third kappa shape index (κ3) is 2.07. The summed E-state index contributed by atoms with van der Waals surface area (Å²) in [6, 6.07) is 7.81. The molecule has 1 unspecified atom stereocenters. The molecule has 1 atom stereocenters. The van der Waals surface area contributed by atoms with Crippen LogP contribution in [-0.4, -0.2) is 16.6 Å². The Hall–Kier alpha value is -0.0900. The molecule has 2 rings (SSSR count). The molecule has 15 heavy (non-hydrogen) atoms. The summed E-state index contributed by atoms with van der Waals surface area (Å²) >= 11 is 4.04. The van der Waals surface area contributed by atoms with Crippen LogP contribution in [0.3, 0.4) is 0 Å². The minimum absolute atomic E-state index is 0.396. The molecule has 2 aromatic rings. The number of aromatic nitrogens is 2. The molecule has 4 nitrogen and oxygen atoms in total. The highest BCUT2D eigenvalue weighted by atomic mass is 127. The highest BCUT2D eigenvalue weighted by Crippen LogP contribution is 2.15. The van der Waals surface area contributed by atoms with Gasteiger partial charge in [-0.3, -0.25) is 8.19 Å². The van der Waals surface area contributed by atoms with E-state index in [9.17, 15) is 5.11 Å². The normalized spacial score (nSPS) is 13.3. The van der Waals surface area contributed by atoms with E-state index in [4.69, 9.17) is 5.41 Å². The number of nitrogens with one attached hydrogen (secondary N) is 1. The number of imidazole rings is 1. The van der Waals surface area contributed by atoms with Crippen LogP contribution in [0.5, 0.6) is 0 Å². The summed E-state index contributed by atoms with van der Waals surface area (Å²) in [4.78, 5) is 0. The van der Waals surface area contributed by atoms with Gasteiger partial charge in [-0.15, -0.1) is 0 Å². The van der Waals surface area contributed by atoms with Crippen molar-refractivity contribution in [2.45, 2.75) is 10.7 Å². The van der Waals surface area contributed by atoms with Gasteiger partial charge < -0.3 is 9.67 Å². The molecule has 1 aromatic heterocycles. The summed E-state index contributed by atoms with van der Waals surface area (Å²) in [5, 5.41) is 17.3. The second kappa shape index (κ2) is 4.42. The first-order chi connectivity index (χ1) is 7.11. The van der Waals surface area contributed by atoms with Crippen LogP contribution in [0.25, 0.3) is 11.0 Å². The lowest BCUT2D eigenvalue weighted by molar-refractivity contribution is 0.256. The predicted octanol–water partition coefficient (Wildman–Crippen LogP) is 1.87. The van der Waals surface area contributed by atoms with E-state index in [2.05, 4.69) is 22.9 Å². The van der Waals surface area contributed by atoms with Crippen molar-refractivity contribution in [2.75, 3.05) is 0 Å². The number of halogens is 2. The number of nitrogens with zero attached hydrogens (tertiary/aromatic N) is 2. The van der Waals surface area contributed by atoms with Crippen molar-refractivity contribution in [1.82, 2.24) is 7.35 Å². The van der Waals surface area contributed by atoms with Gasteiger partial charge in [-0.2, -0.15) is 0 Å². The smallest absolute Gasteiger partial charge is 0.212 e. The molecule has 0 fully saturated rings. The number of hydrogen-bond acceptors (Lipinski definition) is 2. The SMILES string of the molecule is N=c1n(I)c2ccccc2n1CC(O)I. The Balaban J connectivity index is 2.72. The highest BCUT2D eigenvalue weighted by Gasteiger charge is 2.10. The van der Waals surface area contributed by atoms with Crippen molar-refractivity contribution in [1.29, 1.82) is 5.41 Å². The van der Waals surface area contributed by atoms with Gasteiger partial charge in [-0.05, 0) is 34.7 Å². The van der Waals surface area contributed by atoms with Gasteiger partial charge in [-0.1, -0.05) is 12.1 Å². The molecular formula is C9H9I2N3O. The molecule has 0 spiro atoms. The summed E-state index contributed by atoms with van der Waals surface area (Å²) in [7, 11) is 0. The Morgan fingerprint density at radius 3 is 2.53 bits per heavy atom. The van der Waals surface area contributed by atoms with E-state index < -0.39 is 4.11 Å². The second-order valence-corrected chi connectivity index (χ2v) is 5.54. The summed E-state index contributed by atoms with van der Waals surface area (Å²) in [6.07, 6.45) is 0. The van der Waals surface area contributed by atoms with Gasteiger partial charge in [0.1, 0.15) is 4.11 Å². The van der Waals surface area contributed by atoms with Crippen LogP contribution in [0.2, 0.25) is 0 Å². The molecule has 0 bridgehead atoms. The maximum absolute atomic E-state index is 9.37. The number of benzene rings is 1. The van der Waals surface area contributed by atoms with E-state index in [1.165, 1.54) is 0 Å². The largest absolute Gasteiger partial charge is 0.381 e. The third-order valence-corrected chi connectivity index (χ3v) is 3.53. The number of fused-ring (bicyclic) bond motifs is 1. The maximum Gasteiger partial charge on any atom is 0.212 e. The van der Waals surface area contributed by atoms with Crippen molar-refractivity contribution < 1.29 is 5.11 Å². The van der Waals surface area contributed by atoms with Crippen LogP contribution in [0.1, 0.15) is 0 Å². The minimum Gasteiger partial charge on any atom is -0.381 e. The summed E-state index contributed by atoms with van der Waals surface area (Å²) in [5.74, 6) is 0. The van der Waals surface area contributed by atoms with Crippen LogP contribution in [0.15, 0.2) is 24.3 Å². The van der Waals surface area contributed by atoms with Gasteiger partial charge in [0.05, 0.1) is 40.4 Å². The van der Waals surface area contributed by atoms with Gasteiger partial charge in [-0.25, -0.2) is 0 Å². The maximum atomic E-state index is 9.37. The first-order valence-corrected chi connectivity index (χ1v) is 6.55. The number of alkyl halides is 1. The fraction of sp³-hybridized carbons (Fsp3) is 0.222. The first kappa shape index (κ1) is 11.4. The highest BCUT2D eigenvalue weighted by molar-refractivity contribution is 14.1. The Bertz CT molecular complexity index is 544. The zero-order valence-electron chi connectivity index (χ0n) is 7.69. The number of rotatable bonds is 2. The van der Waals surface area contributed by atoms with E-state index in [1.807, 2.05) is 46.9 Å². The van der Waals surface area contributed by atoms with Crippen LogP contribution >= 0.6 is 45.5 Å². The van der Waals surface area contributed by atoms with E-state index in [0.717, 1.165) is 11.0 Å². The van der Waals surface area contributed by atoms with Gasteiger partial charge in [0, 0.05) is 0 Å². The predicted molar refractivity (Wildman–Crippen MR) is 75.2 cm³/mol. The summed E-state index contributed by atoms with van der Waals surface area (Å²) in [5.41, 5.74) is 2.38. The van der Waals surface area contributed by atoms with Crippen LogP contribution in [-0.2, 0) is 6.54 Å². The van der Waals surface area contributed by atoms with Crippen molar-refractivity contribution >= 4 is 56.5 Å². The molecular weight excluding hydrogens is 420 g/mol. The average Bonchev–Trinajstić information content (AvgIpc) is 2.44. The number of para-hydroxylation sites is 2. The quantitative estimate of drug-likeness (QED) is 0.557. The Morgan fingerprint density at radius 1 is 1.33 bits per heavy atom. The summed E-state index contributed by atoms with van der Waals surface area (Å²) < 4.78 is 3.12. The summed E-state index contributed by atoms with van der Waals surface area (Å²) in [6.45, 7) is 0.440. The molecule has 0 saturated heterocycles. The van der Waals surface area contributed by atoms with E-state index in [-0.39, 0.29) is 0 Å². The van der Waals surface area contributed by atoms with Gasteiger partial charge in [0.15, 0.2) is 0 Å². The van der Waals surface area contributed by atoms with Crippen LogP contribution < -0.4 is 5.62 Å². The van der Waals surface area contributed by atoms with E-state index >= 15 is 0 Å². The Morgan fingerprint density at radius 2 is 1.93 bits per heavy atom. The fourth-order valence-corrected chi connectivity index (χ4v) is 2.59. The van der Waals surface area contributed by atoms with Crippen molar-refractivity contribution in [3.05, 3.63) is 29.9 Å². The number of aliphatic hydroxyl groups is 1. The molecule has 0 aliphatic rings. The molecule has 0 aliphatic heterocycles. The lowest BCUT2D eigenvalue weighted by atomic mass is 10.3. The van der Waals surface area contributed by atoms with Crippen LogP contribution in [0.4, 0.5) is 0 Å². The lowest BCUT2D eigenvalue weighted by Gasteiger charge is -2.04. The number of aliphatic hydroxyl groups excluding tert-OH is 1. The van der Waals surface area contributed by atoms with Gasteiger partial charge in [0.2, 0.25) is 5.62 Å². The lowest BCUT2D eigenvalue weighted by Crippen LogP contribution is -2.23. The van der Waals surface area contributed by atoms with Crippen molar-refractivity contribution in [3.63, 3.8) is 0 Å². The molecule has 80 valence electrons. The zero-order valence-corrected chi connectivity index (χ0v) is 12.0. The second-order valence-electron chi connectivity index (χ2n) is 3.14. The van der Waals surface area contributed by atoms with Crippen molar-refractivity contribution in [2.24, 2.45) is 0 Å². The van der Waals surface area contributed by atoms with E-state index in [0.29, 0.717) is 12.2 Å².